The first kappa shape index (κ1) is 27.9. The van der Waals surface area contributed by atoms with Crippen molar-refractivity contribution in [1.29, 1.82) is 0 Å². The fourth-order valence-corrected chi connectivity index (χ4v) is 5.30. The standard InChI is InChI=1S/C30H31FN4O6/c1-16(2)25(30(39)41-35-12-11-18-9-10-20(31)14-24(18)35)27(36)32-22(28-33-26(29(37)38)17(3)40-28)13-19-15-34(4)23-8-6-5-7-21(19)23/h5-10,14-16,22,25H,11-13H2,1-4H3,(H,32,36)(H,37,38)/t22-,25+/m1/s1. The van der Waals surface area contributed by atoms with Crippen molar-refractivity contribution in [3.05, 3.63) is 83.0 Å². The number of amides is 1. The summed E-state index contributed by atoms with van der Waals surface area (Å²) >= 11 is 0. The van der Waals surface area contributed by atoms with Gasteiger partial charge in [0.25, 0.3) is 0 Å². The lowest BCUT2D eigenvalue weighted by molar-refractivity contribution is -0.155. The maximum Gasteiger partial charge on any atom is 0.358 e. The van der Waals surface area contributed by atoms with Gasteiger partial charge in [-0.2, -0.15) is 0 Å². The number of hydrogen-bond donors (Lipinski definition) is 2. The number of fused-ring (bicyclic) bond motifs is 2. The van der Waals surface area contributed by atoms with E-state index in [-0.39, 0.29) is 23.8 Å². The van der Waals surface area contributed by atoms with E-state index in [4.69, 9.17) is 9.25 Å². The number of aryl methyl sites for hydroxylation is 2. The summed E-state index contributed by atoms with van der Waals surface area (Å²) < 4.78 is 21.5. The largest absolute Gasteiger partial charge is 0.476 e. The van der Waals surface area contributed by atoms with Gasteiger partial charge in [-0.25, -0.2) is 24.0 Å². The van der Waals surface area contributed by atoms with E-state index in [0.717, 1.165) is 22.0 Å². The fraction of sp³-hybridized carbons (Fsp3) is 0.333. The van der Waals surface area contributed by atoms with E-state index in [1.807, 2.05) is 42.1 Å². The van der Waals surface area contributed by atoms with Gasteiger partial charge in [-0.05, 0) is 42.5 Å². The minimum absolute atomic E-state index is 0.0148. The molecule has 11 heteroatoms. The summed E-state index contributed by atoms with van der Waals surface area (Å²) in [4.78, 5) is 48.5. The molecule has 2 N–H and O–H groups in total. The molecule has 41 heavy (non-hydrogen) atoms. The minimum Gasteiger partial charge on any atom is -0.476 e. The summed E-state index contributed by atoms with van der Waals surface area (Å²) in [5.74, 6) is -4.66. The van der Waals surface area contributed by atoms with Gasteiger partial charge < -0.3 is 24.2 Å². The predicted molar refractivity (Wildman–Crippen MR) is 148 cm³/mol. The number of para-hydroxylation sites is 1. The Balaban J connectivity index is 1.42. The Morgan fingerprint density at radius 1 is 1.20 bits per heavy atom. The van der Waals surface area contributed by atoms with Crippen molar-refractivity contribution in [3.8, 4) is 0 Å². The predicted octanol–water partition coefficient (Wildman–Crippen LogP) is 4.51. The van der Waals surface area contributed by atoms with E-state index in [1.54, 1.807) is 19.9 Å². The van der Waals surface area contributed by atoms with Crippen LogP contribution < -0.4 is 10.4 Å². The van der Waals surface area contributed by atoms with Crippen LogP contribution in [-0.2, 0) is 34.3 Å². The average molecular weight is 563 g/mol. The highest BCUT2D eigenvalue weighted by Gasteiger charge is 2.37. The molecule has 0 aliphatic carbocycles. The number of hydroxylamine groups is 1. The van der Waals surface area contributed by atoms with Crippen LogP contribution in [0.15, 0.2) is 53.1 Å². The summed E-state index contributed by atoms with van der Waals surface area (Å²) in [6.07, 6.45) is 2.73. The summed E-state index contributed by atoms with van der Waals surface area (Å²) in [6, 6.07) is 11.2. The Morgan fingerprint density at radius 3 is 2.66 bits per heavy atom. The number of carbonyl (C=O) groups excluding carboxylic acids is 2. The second-order valence-electron chi connectivity index (χ2n) is 10.6. The minimum atomic E-state index is -1.25. The lowest BCUT2D eigenvalue weighted by Gasteiger charge is -2.25. The first-order chi connectivity index (χ1) is 19.5. The molecule has 10 nitrogen and oxygen atoms in total. The smallest absolute Gasteiger partial charge is 0.358 e. The second kappa shape index (κ2) is 11.1. The molecule has 1 aliphatic heterocycles. The molecule has 4 aromatic rings. The van der Waals surface area contributed by atoms with Crippen LogP contribution in [-0.4, -0.2) is 39.0 Å². The van der Waals surface area contributed by atoms with Crippen LogP contribution in [0.25, 0.3) is 10.9 Å². The summed E-state index contributed by atoms with van der Waals surface area (Å²) in [5, 5.41) is 14.7. The van der Waals surface area contributed by atoms with Crippen molar-refractivity contribution in [2.45, 2.75) is 39.7 Å². The molecular formula is C30H31FN4O6. The highest BCUT2D eigenvalue weighted by molar-refractivity contribution is 5.98. The van der Waals surface area contributed by atoms with Crippen molar-refractivity contribution < 1.29 is 33.1 Å². The number of nitrogens with zero attached hydrogens (tertiary/aromatic N) is 3. The third-order valence-electron chi connectivity index (χ3n) is 7.34. The number of aromatic carboxylic acids is 1. The molecule has 214 valence electrons. The molecule has 0 saturated carbocycles. The van der Waals surface area contributed by atoms with Gasteiger partial charge in [-0.3, -0.25) is 4.79 Å². The number of aromatic nitrogens is 2. The van der Waals surface area contributed by atoms with Crippen LogP contribution in [0, 0.1) is 24.6 Å². The number of carbonyl (C=O) groups is 3. The van der Waals surface area contributed by atoms with Gasteiger partial charge in [0, 0.05) is 36.6 Å². The molecule has 1 amide bonds. The van der Waals surface area contributed by atoms with Crippen LogP contribution in [0.2, 0.25) is 0 Å². The number of halogens is 1. The molecule has 3 heterocycles. The molecule has 0 bridgehead atoms. The Morgan fingerprint density at radius 2 is 1.95 bits per heavy atom. The van der Waals surface area contributed by atoms with Crippen molar-refractivity contribution in [1.82, 2.24) is 14.9 Å². The van der Waals surface area contributed by atoms with Gasteiger partial charge in [0.05, 0.1) is 12.2 Å². The molecule has 1 aliphatic rings. The highest BCUT2D eigenvalue weighted by atomic mass is 19.1. The molecule has 0 unspecified atom stereocenters. The number of anilines is 1. The van der Waals surface area contributed by atoms with Gasteiger partial charge in [0.2, 0.25) is 11.8 Å². The van der Waals surface area contributed by atoms with Crippen molar-refractivity contribution in [3.63, 3.8) is 0 Å². The molecule has 2 aromatic heterocycles. The second-order valence-corrected chi connectivity index (χ2v) is 10.6. The van der Waals surface area contributed by atoms with Crippen LogP contribution in [0.3, 0.4) is 0 Å². The zero-order valence-electron chi connectivity index (χ0n) is 23.2. The van der Waals surface area contributed by atoms with E-state index >= 15 is 0 Å². The van der Waals surface area contributed by atoms with Crippen molar-refractivity contribution >= 4 is 34.4 Å². The average Bonchev–Trinajstić information content (AvgIpc) is 3.59. The van der Waals surface area contributed by atoms with Gasteiger partial charge in [0.1, 0.15) is 23.5 Å². The van der Waals surface area contributed by atoms with Crippen LogP contribution in [0.4, 0.5) is 10.1 Å². The number of carboxylic acid groups (broad SMARTS) is 1. The Bertz CT molecular complexity index is 1640. The summed E-state index contributed by atoms with van der Waals surface area (Å²) in [7, 11) is 1.91. The van der Waals surface area contributed by atoms with Gasteiger partial charge in [-0.15, -0.1) is 0 Å². The first-order valence-corrected chi connectivity index (χ1v) is 13.3. The van der Waals surface area contributed by atoms with Gasteiger partial charge in [0.15, 0.2) is 5.69 Å². The lowest BCUT2D eigenvalue weighted by atomic mass is 9.94. The number of hydrogen-bond acceptors (Lipinski definition) is 7. The number of oxazole rings is 1. The molecule has 2 aromatic carbocycles. The Hall–Kier alpha value is -4.67. The first-order valence-electron chi connectivity index (χ1n) is 13.3. The van der Waals surface area contributed by atoms with Crippen LogP contribution in [0.1, 0.15) is 53.2 Å². The third-order valence-corrected chi connectivity index (χ3v) is 7.34. The molecule has 0 fully saturated rings. The zero-order chi connectivity index (χ0) is 29.4. The Kier molecular flexibility index (Phi) is 7.53. The van der Waals surface area contributed by atoms with Gasteiger partial charge in [-0.1, -0.05) is 38.1 Å². The third kappa shape index (κ3) is 5.52. The maximum atomic E-state index is 13.9. The topological polar surface area (TPSA) is 127 Å². The molecule has 5 rings (SSSR count). The number of rotatable bonds is 9. The van der Waals surface area contributed by atoms with E-state index in [1.165, 1.54) is 24.1 Å². The van der Waals surface area contributed by atoms with E-state index < -0.39 is 41.5 Å². The molecule has 0 radical (unpaired) electrons. The van der Waals surface area contributed by atoms with E-state index in [2.05, 4.69) is 10.3 Å². The normalized spacial score (nSPS) is 14.2. The van der Waals surface area contributed by atoms with Crippen molar-refractivity contribution in [2.75, 3.05) is 11.6 Å². The number of nitrogens with one attached hydrogen (secondary N) is 1. The van der Waals surface area contributed by atoms with Crippen LogP contribution in [0.5, 0.6) is 0 Å². The summed E-state index contributed by atoms with van der Waals surface area (Å²) in [6.45, 7) is 5.28. The molecule has 0 spiro atoms. The maximum absolute atomic E-state index is 13.9. The van der Waals surface area contributed by atoms with Crippen molar-refractivity contribution in [2.24, 2.45) is 18.9 Å². The lowest BCUT2D eigenvalue weighted by Crippen LogP contribution is -2.43. The number of carboxylic acids is 1. The highest BCUT2D eigenvalue weighted by Crippen LogP contribution is 2.31. The Labute approximate surface area is 235 Å². The van der Waals surface area contributed by atoms with Gasteiger partial charge >= 0.3 is 11.9 Å². The molecule has 2 atom stereocenters. The summed E-state index contributed by atoms with van der Waals surface area (Å²) in [5.41, 5.74) is 2.89. The monoisotopic (exact) mass is 562 g/mol. The SMILES string of the molecule is Cc1oc([C@@H](Cc2cn(C)c3ccccc23)NC(=O)[C@@H](C(=O)ON2CCc3ccc(F)cc32)C(C)C)nc1C(=O)O. The number of benzene rings is 2. The zero-order valence-corrected chi connectivity index (χ0v) is 23.2. The fourth-order valence-electron chi connectivity index (χ4n) is 5.30. The van der Waals surface area contributed by atoms with E-state index in [9.17, 15) is 23.9 Å². The van der Waals surface area contributed by atoms with E-state index in [0.29, 0.717) is 18.7 Å². The molecular weight excluding hydrogens is 531 g/mol. The molecule has 0 saturated heterocycles. The van der Waals surface area contributed by atoms with Crippen LogP contribution >= 0.6 is 0 Å². The quantitative estimate of drug-likeness (QED) is 0.286.